The first-order valence-corrected chi connectivity index (χ1v) is 7.24. The molecule has 1 nitrogen and oxygen atoms in total. The number of aryl methyl sites for hydroxylation is 1. The lowest BCUT2D eigenvalue weighted by atomic mass is 9.77. The predicted octanol–water partition coefficient (Wildman–Crippen LogP) is 4.23. The van der Waals surface area contributed by atoms with Crippen molar-refractivity contribution < 1.29 is 13.2 Å². The molecule has 112 valence electrons. The lowest BCUT2D eigenvalue weighted by molar-refractivity contribution is -0.184. The van der Waals surface area contributed by atoms with Crippen LogP contribution in [0.15, 0.2) is 24.3 Å². The number of alkyl halides is 3. The summed E-state index contributed by atoms with van der Waals surface area (Å²) >= 11 is 0. The monoisotopic (exact) mass is 285 g/mol. The molecular weight excluding hydrogens is 263 g/mol. The molecule has 0 amide bonds. The molecule has 20 heavy (non-hydrogen) atoms. The highest BCUT2D eigenvalue weighted by atomic mass is 19.4. The Morgan fingerprint density at radius 2 is 1.85 bits per heavy atom. The second-order valence-electron chi connectivity index (χ2n) is 6.01. The van der Waals surface area contributed by atoms with E-state index >= 15 is 0 Å². The first kappa shape index (κ1) is 15.4. The first-order chi connectivity index (χ1) is 9.36. The van der Waals surface area contributed by atoms with E-state index in [0.29, 0.717) is 12.8 Å². The minimum Gasteiger partial charge on any atom is -0.327 e. The maximum absolute atomic E-state index is 12.6. The smallest absolute Gasteiger partial charge is 0.327 e. The Kier molecular flexibility index (Phi) is 4.74. The van der Waals surface area contributed by atoms with E-state index in [0.717, 1.165) is 6.42 Å². The number of halogens is 3. The van der Waals surface area contributed by atoms with Crippen molar-refractivity contribution in [2.24, 2.45) is 17.6 Å². The molecular formula is C16H22F3N. The van der Waals surface area contributed by atoms with E-state index in [9.17, 15) is 13.2 Å². The van der Waals surface area contributed by atoms with Gasteiger partial charge in [-0.3, -0.25) is 0 Å². The van der Waals surface area contributed by atoms with Crippen molar-refractivity contribution in [1.29, 1.82) is 0 Å². The van der Waals surface area contributed by atoms with Crippen molar-refractivity contribution in [2.45, 2.75) is 51.2 Å². The fourth-order valence-corrected chi connectivity index (χ4v) is 3.15. The lowest BCUT2D eigenvalue weighted by Gasteiger charge is -2.33. The van der Waals surface area contributed by atoms with Crippen molar-refractivity contribution in [2.75, 3.05) is 0 Å². The van der Waals surface area contributed by atoms with E-state index in [-0.39, 0.29) is 24.8 Å². The summed E-state index contributed by atoms with van der Waals surface area (Å²) in [6.45, 7) is 2.03. The average molecular weight is 285 g/mol. The Morgan fingerprint density at radius 1 is 1.20 bits per heavy atom. The van der Waals surface area contributed by atoms with Gasteiger partial charge in [-0.25, -0.2) is 0 Å². The fourth-order valence-electron chi connectivity index (χ4n) is 3.15. The molecule has 1 aliphatic rings. The maximum atomic E-state index is 12.6. The number of hydrogen-bond acceptors (Lipinski definition) is 1. The molecule has 1 aromatic rings. The second-order valence-corrected chi connectivity index (χ2v) is 6.01. The van der Waals surface area contributed by atoms with Crippen LogP contribution in [0.25, 0.3) is 0 Å². The Labute approximate surface area is 118 Å². The van der Waals surface area contributed by atoms with Crippen molar-refractivity contribution >= 4 is 0 Å². The van der Waals surface area contributed by atoms with Gasteiger partial charge in [0.1, 0.15) is 0 Å². The number of benzene rings is 1. The van der Waals surface area contributed by atoms with Crippen LogP contribution in [-0.4, -0.2) is 12.2 Å². The molecule has 0 spiro atoms. The van der Waals surface area contributed by atoms with E-state index < -0.39 is 12.1 Å². The summed E-state index contributed by atoms with van der Waals surface area (Å²) in [5.41, 5.74) is 8.57. The van der Waals surface area contributed by atoms with Crippen molar-refractivity contribution in [3.63, 3.8) is 0 Å². The summed E-state index contributed by atoms with van der Waals surface area (Å²) in [5, 5.41) is 0. The molecule has 1 saturated carbocycles. The van der Waals surface area contributed by atoms with Crippen molar-refractivity contribution in [1.82, 2.24) is 0 Å². The van der Waals surface area contributed by atoms with Gasteiger partial charge in [-0.15, -0.1) is 0 Å². The van der Waals surface area contributed by atoms with E-state index in [1.165, 1.54) is 11.1 Å². The third-order valence-electron chi connectivity index (χ3n) is 4.39. The van der Waals surface area contributed by atoms with Crippen LogP contribution in [0.4, 0.5) is 13.2 Å². The molecule has 1 unspecified atom stereocenters. The Morgan fingerprint density at radius 3 is 2.40 bits per heavy atom. The Hall–Kier alpha value is -1.03. The molecule has 0 aliphatic heterocycles. The van der Waals surface area contributed by atoms with Crippen LogP contribution < -0.4 is 5.73 Å². The van der Waals surface area contributed by atoms with Crippen LogP contribution in [-0.2, 0) is 6.42 Å². The van der Waals surface area contributed by atoms with Gasteiger partial charge in [0.15, 0.2) is 0 Å². The molecule has 2 rings (SSSR count). The zero-order valence-corrected chi connectivity index (χ0v) is 11.8. The molecule has 0 saturated heterocycles. The van der Waals surface area contributed by atoms with Gasteiger partial charge in [0.05, 0.1) is 5.92 Å². The van der Waals surface area contributed by atoms with Crippen LogP contribution in [0.5, 0.6) is 0 Å². The maximum Gasteiger partial charge on any atom is 0.391 e. The summed E-state index contributed by atoms with van der Waals surface area (Å²) in [5.74, 6) is -0.904. The topological polar surface area (TPSA) is 26.0 Å². The number of hydrogen-bond donors (Lipinski definition) is 1. The van der Waals surface area contributed by atoms with Gasteiger partial charge in [0.2, 0.25) is 0 Å². The molecule has 0 heterocycles. The third-order valence-corrected chi connectivity index (χ3v) is 4.39. The van der Waals surface area contributed by atoms with Gasteiger partial charge in [-0.2, -0.15) is 13.2 Å². The normalized spacial score (nSPS) is 25.4. The van der Waals surface area contributed by atoms with Gasteiger partial charge in [0.25, 0.3) is 0 Å². The molecule has 4 heteroatoms. The quantitative estimate of drug-likeness (QED) is 0.883. The van der Waals surface area contributed by atoms with E-state index in [4.69, 9.17) is 5.73 Å². The van der Waals surface area contributed by atoms with Crippen LogP contribution >= 0.6 is 0 Å². The lowest BCUT2D eigenvalue weighted by Crippen LogP contribution is -2.37. The molecule has 1 fully saturated rings. The van der Waals surface area contributed by atoms with Gasteiger partial charge in [-0.1, -0.05) is 29.8 Å². The Bertz CT molecular complexity index is 434. The van der Waals surface area contributed by atoms with Crippen LogP contribution in [0.1, 0.15) is 36.8 Å². The van der Waals surface area contributed by atoms with E-state index in [1.54, 1.807) is 0 Å². The number of nitrogens with two attached hydrogens (primary N) is 1. The summed E-state index contributed by atoms with van der Waals surface area (Å²) < 4.78 is 37.9. The van der Waals surface area contributed by atoms with Crippen molar-refractivity contribution in [3.05, 3.63) is 35.4 Å². The minimum absolute atomic E-state index is 0.0361. The van der Waals surface area contributed by atoms with Gasteiger partial charge in [0, 0.05) is 6.04 Å². The highest BCUT2D eigenvalue weighted by molar-refractivity contribution is 5.23. The molecule has 1 atom stereocenters. The van der Waals surface area contributed by atoms with Gasteiger partial charge in [-0.05, 0) is 50.5 Å². The molecule has 2 N–H and O–H groups in total. The van der Waals surface area contributed by atoms with Crippen molar-refractivity contribution in [3.8, 4) is 0 Å². The highest BCUT2D eigenvalue weighted by Gasteiger charge is 2.42. The van der Waals surface area contributed by atoms with Gasteiger partial charge >= 0.3 is 6.18 Å². The molecule has 1 aromatic carbocycles. The zero-order chi connectivity index (χ0) is 14.8. The minimum atomic E-state index is -4.04. The second kappa shape index (κ2) is 6.17. The largest absolute Gasteiger partial charge is 0.391 e. The fraction of sp³-hybridized carbons (Fsp3) is 0.625. The summed E-state index contributed by atoms with van der Waals surface area (Å²) in [6.07, 6.45) is -1.63. The first-order valence-electron chi connectivity index (χ1n) is 7.24. The van der Waals surface area contributed by atoms with E-state index in [1.807, 2.05) is 25.1 Å². The molecule has 1 aliphatic carbocycles. The third kappa shape index (κ3) is 3.98. The standard InChI is InChI=1S/C16H22F3N/c1-11-3-2-4-12(9-11)10-15(20)13-5-7-14(8-6-13)16(17,18)19/h2-4,9,13-15H,5-8,10,20H2,1H3. The SMILES string of the molecule is Cc1cccc(CC(N)C2CCC(C(F)(F)F)CC2)c1. The summed E-state index contributed by atoms with van der Waals surface area (Å²) in [4.78, 5) is 0. The predicted molar refractivity (Wildman–Crippen MR) is 74.4 cm³/mol. The van der Waals surface area contributed by atoms with Crippen LogP contribution in [0.3, 0.4) is 0 Å². The van der Waals surface area contributed by atoms with Gasteiger partial charge < -0.3 is 5.73 Å². The molecule has 0 radical (unpaired) electrons. The zero-order valence-electron chi connectivity index (χ0n) is 11.8. The molecule has 0 aromatic heterocycles. The Balaban J connectivity index is 1.87. The average Bonchev–Trinajstić information content (AvgIpc) is 2.38. The highest BCUT2D eigenvalue weighted by Crippen LogP contribution is 2.40. The molecule has 0 bridgehead atoms. The van der Waals surface area contributed by atoms with Crippen LogP contribution in [0.2, 0.25) is 0 Å². The van der Waals surface area contributed by atoms with E-state index in [2.05, 4.69) is 6.07 Å². The number of rotatable bonds is 3. The summed E-state index contributed by atoms with van der Waals surface area (Å²) in [7, 11) is 0. The summed E-state index contributed by atoms with van der Waals surface area (Å²) in [6, 6.07) is 8.13. The van der Waals surface area contributed by atoms with Crippen LogP contribution in [0, 0.1) is 18.8 Å².